The third kappa shape index (κ3) is 1.81. The number of benzene rings is 1. The maximum absolute atomic E-state index is 12.3. The second kappa shape index (κ2) is 4.16. The highest BCUT2D eigenvalue weighted by atomic mass is 16.4. The van der Waals surface area contributed by atoms with Crippen molar-refractivity contribution in [3.05, 3.63) is 34.9 Å². The Balaban J connectivity index is 1.93. The van der Waals surface area contributed by atoms with E-state index in [-0.39, 0.29) is 28.4 Å². The summed E-state index contributed by atoms with van der Waals surface area (Å²) in [7, 11) is 0. The summed E-state index contributed by atoms with van der Waals surface area (Å²) < 4.78 is 0. The predicted molar refractivity (Wildman–Crippen MR) is 70.7 cm³/mol. The van der Waals surface area contributed by atoms with Gasteiger partial charge in [-0.15, -0.1) is 0 Å². The number of imide groups is 1. The number of carbonyl (C=O) groups excluding carboxylic acids is 2. The minimum absolute atomic E-state index is 0.0169. The smallest absolute Gasteiger partial charge is 0.335 e. The Bertz CT molecular complexity index is 631. The molecule has 1 saturated carbocycles. The topological polar surface area (TPSA) is 74.7 Å². The van der Waals surface area contributed by atoms with Gasteiger partial charge in [-0.3, -0.25) is 14.5 Å². The number of nitrogens with zero attached hydrogens (tertiary/aromatic N) is 1. The lowest BCUT2D eigenvalue weighted by Crippen LogP contribution is -2.42. The molecule has 0 unspecified atom stereocenters. The monoisotopic (exact) mass is 273 g/mol. The second-order valence-corrected chi connectivity index (χ2v) is 5.93. The molecule has 0 saturated heterocycles. The lowest BCUT2D eigenvalue weighted by molar-refractivity contribution is 0.0473. The molecule has 0 atom stereocenters. The standard InChI is InChI=1S/C15H15NO4/c1-15(5-2-6-15)8-16-12(17)10-4-3-9(14(19)20)7-11(10)13(16)18/h3-4,7H,2,5-6,8H2,1H3,(H,19,20). The molecule has 104 valence electrons. The van der Waals surface area contributed by atoms with Crippen LogP contribution in [-0.2, 0) is 0 Å². The van der Waals surface area contributed by atoms with Crippen molar-refractivity contribution in [1.82, 2.24) is 4.90 Å². The highest BCUT2D eigenvalue weighted by molar-refractivity contribution is 6.21. The molecule has 20 heavy (non-hydrogen) atoms. The van der Waals surface area contributed by atoms with E-state index in [1.54, 1.807) is 0 Å². The van der Waals surface area contributed by atoms with Crippen molar-refractivity contribution in [3.8, 4) is 0 Å². The Morgan fingerprint density at radius 2 is 1.90 bits per heavy atom. The van der Waals surface area contributed by atoms with Crippen LogP contribution in [0.25, 0.3) is 0 Å². The zero-order valence-electron chi connectivity index (χ0n) is 11.2. The van der Waals surface area contributed by atoms with E-state index in [4.69, 9.17) is 5.11 Å². The van der Waals surface area contributed by atoms with E-state index in [2.05, 4.69) is 6.92 Å². The van der Waals surface area contributed by atoms with Crippen LogP contribution in [-0.4, -0.2) is 34.3 Å². The molecule has 5 nitrogen and oxygen atoms in total. The summed E-state index contributed by atoms with van der Waals surface area (Å²) in [6.45, 7) is 2.49. The number of carbonyl (C=O) groups is 3. The summed E-state index contributed by atoms with van der Waals surface area (Å²) >= 11 is 0. The Labute approximate surface area is 116 Å². The van der Waals surface area contributed by atoms with Gasteiger partial charge < -0.3 is 5.11 Å². The van der Waals surface area contributed by atoms with Gasteiger partial charge in [-0.05, 0) is 36.5 Å². The van der Waals surface area contributed by atoms with Gasteiger partial charge in [-0.25, -0.2) is 4.79 Å². The zero-order valence-corrected chi connectivity index (χ0v) is 11.2. The van der Waals surface area contributed by atoms with E-state index < -0.39 is 5.97 Å². The van der Waals surface area contributed by atoms with Gasteiger partial charge in [0.15, 0.2) is 0 Å². The first-order valence-electron chi connectivity index (χ1n) is 6.65. The summed E-state index contributed by atoms with van der Waals surface area (Å²) in [5.74, 6) is -1.78. The molecular weight excluding hydrogens is 258 g/mol. The van der Waals surface area contributed by atoms with E-state index >= 15 is 0 Å². The number of hydrogen-bond donors (Lipinski definition) is 1. The van der Waals surface area contributed by atoms with Crippen LogP contribution < -0.4 is 0 Å². The zero-order chi connectivity index (χ0) is 14.5. The highest BCUT2D eigenvalue weighted by Crippen LogP contribution is 2.42. The molecule has 0 spiro atoms. The first-order chi connectivity index (χ1) is 9.41. The fourth-order valence-corrected chi connectivity index (χ4v) is 2.89. The van der Waals surface area contributed by atoms with Gasteiger partial charge in [0.1, 0.15) is 0 Å². The number of hydrogen-bond acceptors (Lipinski definition) is 3. The van der Waals surface area contributed by atoms with Gasteiger partial charge in [-0.1, -0.05) is 13.3 Å². The van der Waals surface area contributed by atoms with Crippen LogP contribution in [0.5, 0.6) is 0 Å². The number of rotatable bonds is 3. The molecule has 1 heterocycles. The van der Waals surface area contributed by atoms with Gasteiger partial charge in [0.2, 0.25) is 0 Å². The van der Waals surface area contributed by atoms with Crippen LogP contribution in [0.3, 0.4) is 0 Å². The van der Waals surface area contributed by atoms with Crippen molar-refractivity contribution in [2.45, 2.75) is 26.2 Å². The lowest BCUT2D eigenvalue weighted by Gasteiger charge is -2.40. The highest BCUT2D eigenvalue weighted by Gasteiger charge is 2.42. The first kappa shape index (κ1) is 12.8. The Hall–Kier alpha value is -2.17. The quantitative estimate of drug-likeness (QED) is 0.856. The minimum atomic E-state index is -1.10. The molecular formula is C15H15NO4. The summed E-state index contributed by atoms with van der Waals surface area (Å²) in [5, 5.41) is 8.96. The van der Waals surface area contributed by atoms with Gasteiger partial charge in [0, 0.05) is 6.54 Å². The van der Waals surface area contributed by atoms with Gasteiger partial charge in [0.05, 0.1) is 16.7 Å². The van der Waals surface area contributed by atoms with Gasteiger partial charge in [0.25, 0.3) is 11.8 Å². The molecule has 1 fully saturated rings. The maximum Gasteiger partial charge on any atom is 0.335 e. The Kier molecular flexibility index (Phi) is 2.67. The van der Waals surface area contributed by atoms with Crippen LogP contribution in [0.2, 0.25) is 0 Å². The van der Waals surface area contributed by atoms with E-state index in [9.17, 15) is 14.4 Å². The Morgan fingerprint density at radius 3 is 2.45 bits per heavy atom. The normalized spacial score (nSPS) is 19.8. The molecule has 1 aromatic rings. The molecule has 0 aromatic heterocycles. The molecule has 2 aliphatic rings. The maximum atomic E-state index is 12.3. The van der Waals surface area contributed by atoms with Gasteiger partial charge in [-0.2, -0.15) is 0 Å². The molecule has 5 heteroatoms. The van der Waals surface area contributed by atoms with Crippen molar-refractivity contribution in [2.75, 3.05) is 6.54 Å². The van der Waals surface area contributed by atoms with Crippen LogP contribution in [0.4, 0.5) is 0 Å². The fourth-order valence-electron chi connectivity index (χ4n) is 2.89. The molecule has 1 N–H and O–H groups in total. The van der Waals surface area contributed by atoms with E-state index in [0.29, 0.717) is 12.1 Å². The lowest BCUT2D eigenvalue weighted by atomic mass is 9.70. The van der Waals surface area contributed by atoms with Crippen molar-refractivity contribution < 1.29 is 19.5 Å². The van der Waals surface area contributed by atoms with Crippen molar-refractivity contribution >= 4 is 17.8 Å². The molecule has 1 aliphatic heterocycles. The first-order valence-corrected chi connectivity index (χ1v) is 6.65. The summed E-state index contributed by atoms with van der Waals surface area (Å²) in [4.78, 5) is 36.8. The number of fused-ring (bicyclic) bond motifs is 1. The SMILES string of the molecule is CC1(CN2C(=O)c3ccc(C(=O)O)cc3C2=O)CCC1. The third-order valence-corrected chi connectivity index (χ3v) is 4.32. The van der Waals surface area contributed by atoms with Crippen molar-refractivity contribution in [2.24, 2.45) is 5.41 Å². The van der Waals surface area contributed by atoms with Crippen LogP contribution in [0.1, 0.15) is 57.3 Å². The molecule has 2 amide bonds. The fraction of sp³-hybridized carbons (Fsp3) is 0.400. The van der Waals surface area contributed by atoms with Gasteiger partial charge >= 0.3 is 5.97 Å². The predicted octanol–water partition coefficient (Wildman–Crippen LogP) is 2.17. The third-order valence-electron chi connectivity index (χ3n) is 4.32. The number of amides is 2. The molecule has 0 bridgehead atoms. The second-order valence-electron chi connectivity index (χ2n) is 5.93. The minimum Gasteiger partial charge on any atom is -0.478 e. The summed E-state index contributed by atoms with van der Waals surface area (Å²) in [5.41, 5.74) is 0.561. The number of carboxylic acids is 1. The molecule has 3 rings (SSSR count). The summed E-state index contributed by atoms with van der Waals surface area (Å²) in [6.07, 6.45) is 3.16. The average molecular weight is 273 g/mol. The van der Waals surface area contributed by atoms with Crippen LogP contribution in [0.15, 0.2) is 18.2 Å². The van der Waals surface area contributed by atoms with Crippen LogP contribution in [0, 0.1) is 5.41 Å². The van der Waals surface area contributed by atoms with E-state index in [1.165, 1.54) is 23.1 Å². The van der Waals surface area contributed by atoms with Crippen molar-refractivity contribution in [1.29, 1.82) is 0 Å². The van der Waals surface area contributed by atoms with E-state index in [1.807, 2.05) is 0 Å². The average Bonchev–Trinajstić information content (AvgIpc) is 2.61. The molecule has 1 aliphatic carbocycles. The van der Waals surface area contributed by atoms with Crippen molar-refractivity contribution in [3.63, 3.8) is 0 Å². The van der Waals surface area contributed by atoms with E-state index in [0.717, 1.165) is 19.3 Å². The summed E-state index contributed by atoms with van der Waals surface area (Å²) in [6, 6.07) is 4.09. The Morgan fingerprint density at radius 1 is 1.25 bits per heavy atom. The number of aromatic carboxylic acids is 1. The molecule has 0 radical (unpaired) electrons. The largest absolute Gasteiger partial charge is 0.478 e. The molecule has 1 aromatic carbocycles. The van der Waals surface area contributed by atoms with Crippen LogP contribution >= 0.6 is 0 Å². The number of carboxylic acid groups (broad SMARTS) is 1.